The molecule has 0 fully saturated rings. The Morgan fingerprint density at radius 2 is 1.87 bits per heavy atom. The Morgan fingerprint density at radius 3 is 2.58 bits per heavy atom. The molecule has 0 saturated heterocycles. The molecule has 0 saturated carbocycles. The number of pyridine rings is 1. The summed E-state index contributed by atoms with van der Waals surface area (Å²) in [7, 11) is 1.88. The van der Waals surface area contributed by atoms with Crippen molar-refractivity contribution < 1.29 is 9.13 Å². The van der Waals surface area contributed by atoms with Crippen LogP contribution in [-0.2, 0) is 0 Å². The molecule has 0 aliphatic carbocycles. The van der Waals surface area contributed by atoms with Crippen LogP contribution in [0.5, 0.6) is 11.8 Å². The summed E-state index contributed by atoms with van der Waals surface area (Å²) in [5.74, 6) is -0.0932. The fourth-order valence-electron chi connectivity index (χ4n) is 3.31. The quantitative estimate of drug-likeness (QED) is 0.446. The number of aromatic nitrogens is 3. The van der Waals surface area contributed by atoms with Gasteiger partial charge in [0.15, 0.2) is 11.6 Å². The maximum Gasteiger partial charge on any atom is 0.302 e. The van der Waals surface area contributed by atoms with Gasteiger partial charge in [-0.1, -0.05) is 26.0 Å². The largest absolute Gasteiger partial charge is 0.422 e. The summed E-state index contributed by atoms with van der Waals surface area (Å²) < 4.78 is 20.3. The lowest BCUT2D eigenvalue weighted by atomic mass is 9.98. The molecule has 6 nitrogen and oxygen atoms in total. The van der Waals surface area contributed by atoms with Crippen LogP contribution in [0.25, 0.3) is 10.9 Å². The van der Waals surface area contributed by atoms with E-state index in [0.717, 1.165) is 12.1 Å². The van der Waals surface area contributed by atoms with Gasteiger partial charge in [0.2, 0.25) is 0 Å². The average Bonchev–Trinajstić information content (AvgIpc) is 2.79. The third-order valence-electron chi connectivity index (χ3n) is 5.46. The molecule has 0 spiro atoms. The van der Waals surface area contributed by atoms with Crippen LogP contribution in [0.1, 0.15) is 31.7 Å². The SMILES string of the molecule is CCC(C)c1ccc(N(C)c2ccc(Oc3nc4cnccc4c(=O)[nH]3)c(F)c2)cc1. The van der Waals surface area contributed by atoms with E-state index in [2.05, 4.69) is 40.9 Å². The van der Waals surface area contributed by atoms with E-state index in [4.69, 9.17) is 4.74 Å². The number of H-pyrrole nitrogens is 1. The number of nitrogens with zero attached hydrogens (tertiary/aromatic N) is 3. The highest BCUT2D eigenvalue weighted by molar-refractivity contribution is 5.76. The Labute approximate surface area is 179 Å². The Hall–Kier alpha value is -3.74. The number of anilines is 2. The molecule has 4 aromatic rings. The average molecular weight is 418 g/mol. The van der Waals surface area contributed by atoms with Crippen molar-refractivity contribution in [1.82, 2.24) is 15.0 Å². The second-order valence-electron chi connectivity index (χ2n) is 7.44. The molecule has 0 aliphatic heterocycles. The molecule has 31 heavy (non-hydrogen) atoms. The Bertz CT molecular complexity index is 1270. The zero-order valence-corrected chi connectivity index (χ0v) is 17.6. The fourth-order valence-corrected chi connectivity index (χ4v) is 3.31. The Kier molecular flexibility index (Phi) is 5.66. The monoisotopic (exact) mass is 418 g/mol. The smallest absolute Gasteiger partial charge is 0.302 e. The third kappa shape index (κ3) is 4.26. The van der Waals surface area contributed by atoms with Gasteiger partial charge in [-0.15, -0.1) is 0 Å². The highest BCUT2D eigenvalue weighted by Crippen LogP contribution is 2.30. The fraction of sp³-hybridized carbons (Fsp3) is 0.208. The number of hydrogen-bond acceptors (Lipinski definition) is 5. The molecule has 158 valence electrons. The first kappa shape index (κ1) is 20.5. The van der Waals surface area contributed by atoms with Crippen LogP contribution in [0.2, 0.25) is 0 Å². The summed E-state index contributed by atoms with van der Waals surface area (Å²) in [6.45, 7) is 4.36. The number of rotatable bonds is 6. The number of halogens is 1. The van der Waals surface area contributed by atoms with Crippen LogP contribution < -0.4 is 15.2 Å². The van der Waals surface area contributed by atoms with Crippen LogP contribution >= 0.6 is 0 Å². The number of nitrogens with one attached hydrogen (secondary N) is 1. The highest BCUT2D eigenvalue weighted by Gasteiger charge is 2.13. The first-order valence-corrected chi connectivity index (χ1v) is 10.1. The number of hydrogen-bond donors (Lipinski definition) is 1. The molecule has 0 amide bonds. The summed E-state index contributed by atoms with van der Waals surface area (Å²) in [4.78, 5) is 24.7. The number of benzene rings is 2. The molecule has 0 bridgehead atoms. The molecule has 1 atom stereocenters. The van der Waals surface area contributed by atoms with E-state index in [0.29, 0.717) is 22.5 Å². The zero-order chi connectivity index (χ0) is 22.0. The predicted octanol–water partition coefficient (Wildman–Crippen LogP) is 5.53. The molecular formula is C24H23FN4O2. The lowest BCUT2D eigenvalue weighted by molar-refractivity contribution is 0.412. The van der Waals surface area contributed by atoms with E-state index in [-0.39, 0.29) is 17.3 Å². The second-order valence-corrected chi connectivity index (χ2v) is 7.44. The van der Waals surface area contributed by atoms with Crippen molar-refractivity contribution in [2.45, 2.75) is 26.2 Å². The zero-order valence-electron chi connectivity index (χ0n) is 17.6. The lowest BCUT2D eigenvalue weighted by Gasteiger charge is -2.21. The van der Waals surface area contributed by atoms with E-state index in [9.17, 15) is 9.18 Å². The van der Waals surface area contributed by atoms with Crippen LogP contribution in [0.4, 0.5) is 15.8 Å². The molecule has 2 aromatic carbocycles. The van der Waals surface area contributed by atoms with E-state index in [1.807, 2.05) is 24.1 Å². The van der Waals surface area contributed by atoms with Crippen molar-refractivity contribution in [2.24, 2.45) is 0 Å². The van der Waals surface area contributed by atoms with Gasteiger partial charge in [0, 0.05) is 30.7 Å². The van der Waals surface area contributed by atoms with Gasteiger partial charge in [-0.2, -0.15) is 4.98 Å². The lowest BCUT2D eigenvalue weighted by Crippen LogP contribution is -2.11. The molecule has 0 aliphatic rings. The summed E-state index contributed by atoms with van der Waals surface area (Å²) in [6, 6.07) is 14.4. The van der Waals surface area contributed by atoms with Gasteiger partial charge in [-0.3, -0.25) is 14.8 Å². The van der Waals surface area contributed by atoms with E-state index < -0.39 is 5.82 Å². The van der Waals surface area contributed by atoms with Crippen molar-refractivity contribution >= 4 is 22.3 Å². The highest BCUT2D eigenvalue weighted by atomic mass is 19.1. The van der Waals surface area contributed by atoms with Crippen molar-refractivity contribution in [3.05, 3.63) is 82.7 Å². The van der Waals surface area contributed by atoms with Gasteiger partial charge in [0.05, 0.1) is 17.1 Å². The Balaban J connectivity index is 1.56. The molecule has 0 radical (unpaired) electrons. The van der Waals surface area contributed by atoms with E-state index >= 15 is 0 Å². The van der Waals surface area contributed by atoms with Crippen molar-refractivity contribution in [3.8, 4) is 11.8 Å². The van der Waals surface area contributed by atoms with Crippen molar-refractivity contribution in [3.63, 3.8) is 0 Å². The van der Waals surface area contributed by atoms with Gasteiger partial charge < -0.3 is 9.64 Å². The molecule has 1 N–H and O–H groups in total. The first-order valence-electron chi connectivity index (χ1n) is 10.1. The molecule has 4 rings (SSSR count). The van der Waals surface area contributed by atoms with Gasteiger partial charge in [-0.05, 0) is 48.2 Å². The summed E-state index contributed by atoms with van der Waals surface area (Å²) in [5.41, 5.74) is 2.90. The molecule has 7 heteroatoms. The predicted molar refractivity (Wildman–Crippen MR) is 120 cm³/mol. The minimum atomic E-state index is -0.561. The van der Waals surface area contributed by atoms with Gasteiger partial charge in [-0.25, -0.2) is 4.39 Å². The van der Waals surface area contributed by atoms with Gasteiger partial charge >= 0.3 is 6.01 Å². The number of aromatic amines is 1. The summed E-state index contributed by atoms with van der Waals surface area (Å²) in [6.07, 6.45) is 4.04. The maximum atomic E-state index is 14.8. The van der Waals surface area contributed by atoms with Gasteiger partial charge in [0.25, 0.3) is 5.56 Å². The third-order valence-corrected chi connectivity index (χ3v) is 5.46. The van der Waals surface area contributed by atoms with E-state index in [1.54, 1.807) is 12.1 Å². The Morgan fingerprint density at radius 1 is 1.13 bits per heavy atom. The first-order chi connectivity index (χ1) is 15.0. The summed E-state index contributed by atoms with van der Waals surface area (Å²) >= 11 is 0. The normalized spacial score (nSPS) is 12.0. The minimum absolute atomic E-state index is 0.0318. The van der Waals surface area contributed by atoms with Gasteiger partial charge in [0.1, 0.15) is 0 Å². The maximum absolute atomic E-state index is 14.8. The number of ether oxygens (including phenoxy) is 1. The molecule has 1 unspecified atom stereocenters. The van der Waals surface area contributed by atoms with Crippen LogP contribution in [0, 0.1) is 5.82 Å². The van der Waals surface area contributed by atoms with Crippen LogP contribution in [-0.4, -0.2) is 22.0 Å². The molecular weight excluding hydrogens is 395 g/mol. The van der Waals surface area contributed by atoms with Crippen LogP contribution in [0.3, 0.4) is 0 Å². The molecule has 2 aromatic heterocycles. The number of fused-ring (bicyclic) bond motifs is 1. The van der Waals surface area contributed by atoms with Crippen molar-refractivity contribution in [1.29, 1.82) is 0 Å². The minimum Gasteiger partial charge on any atom is -0.422 e. The standard InChI is InChI=1S/C24H23FN4O2/c1-4-15(2)16-5-7-17(8-6-16)29(3)18-9-10-22(20(25)13-18)31-24-27-21-14-26-12-11-19(21)23(30)28-24/h5-15H,4H2,1-3H3,(H,27,28,30). The van der Waals surface area contributed by atoms with Crippen LogP contribution in [0.15, 0.2) is 65.7 Å². The van der Waals surface area contributed by atoms with Crippen molar-refractivity contribution in [2.75, 3.05) is 11.9 Å². The second kappa shape index (κ2) is 8.55. The topological polar surface area (TPSA) is 71.1 Å². The molecule has 2 heterocycles. The van der Waals surface area contributed by atoms with E-state index in [1.165, 1.54) is 30.1 Å². The summed E-state index contributed by atoms with van der Waals surface area (Å²) in [5, 5.41) is 0.388.